The van der Waals surface area contributed by atoms with Gasteiger partial charge < -0.3 is 14.4 Å². The van der Waals surface area contributed by atoms with Crippen LogP contribution in [0, 0.1) is 0 Å². The summed E-state index contributed by atoms with van der Waals surface area (Å²) in [5.74, 6) is -0.496. The standard InChI is InChI=1S/C14H13NO4/c1-3-15(2)8-4-5-9-10(6-8)12(17)14-13(11(9)16)18-7-19-14/h4-6H,3,7H2,1-2H3. The molecule has 0 spiro atoms. The van der Waals surface area contributed by atoms with E-state index in [2.05, 4.69) is 0 Å². The summed E-state index contributed by atoms with van der Waals surface area (Å²) < 4.78 is 10.2. The molecule has 0 bridgehead atoms. The van der Waals surface area contributed by atoms with Gasteiger partial charge in [0.15, 0.2) is 0 Å². The summed E-state index contributed by atoms with van der Waals surface area (Å²) in [5.41, 5.74) is 1.65. The zero-order valence-corrected chi connectivity index (χ0v) is 10.7. The van der Waals surface area contributed by atoms with E-state index in [-0.39, 0.29) is 29.9 Å². The summed E-state index contributed by atoms with van der Waals surface area (Å²) in [6.45, 7) is 2.76. The molecule has 0 atom stereocenters. The van der Waals surface area contributed by atoms with Gasteiger partial charge in [-0.3, -0.25) is 9.59 Å². The molecule has 1 aliphatic carbocycles. The van der Waals surface area contributed by atoms with Crippen molar-refractivity contribution < 1.29 is 19.1 Å². The first kappa shape index (κ1) is 11.8. The number of fused-ring (bicyclic) bond motifs is 1. The number of carbonyl (C=O) groups excluding carboxylic acids is 2. The van der Waals surface area contributed by atoms with Crippen molar-refractivity contribution in [2.75, 3.05) is 25.3 Å². The molecule has 0 fully saturated rings. The SMILES string of the molecule is CCN(C)c1ccc2c(c1)C(=O)C1=C(OCO1)C2=O. The Bertz CT molecular complexity index is 618. The zero-order chi connectivity index (χ0) is 13.6. The predicted octanol–water partition coefficient (Wildman–Crippen LogP) is 1.74. The van der Waals surface area contributed by atoms with Crippen LogP contribution in [0.1, 0.15) is 27.6 Å². The summed E-state index contributed by atoms with van der Waals surface area (Å²) >= 11 is 0. The largest absolute Gasteiger partial charge is 0.449 e. The first-order valence-electron chi connectivity index (χ1n) is 6.08. The van der Waals surface area contributed by atoms with E-state index >= 15 is 0 Å². The third kappa shape index (κ3) is 1.62. The number of hydrogen-bond donors (Lipinski definition) is 0. The third-order valence-corrected chi connectivity index (χ3v) is 3.43. The van der Waals surface area contributed by atoms with Crippen LogP contribution in [0.3, 0.4) is 0 Å². The Labute approximate surface area is 110 Å². The first-order chi connectivity index (χ1) is 9.13. The fourth-order valence-electron chi connectivity index (χ4n) is 2.20. The highest BCUT2D eigenvalue weighted by atomic mass is 16.7. The first-order valence-corrected chi connectivity index (χ1v) is 6.08. The second-order valence-corrected chi connectivity index (χ2v) is 4.47. The minimum absolute atomic E-state index is 0.0359. The van der Waals surface area contributed by atoms with E-state index < -0.39 is 0 Å². The van der Waals surface area contributed by atoms with E-state index in [4.69, 9.17) is 9.47 Å². The maximum absolute atomic E-state index is 12.3. The van der Waals surface area contributed by atoms with Gasteiger partial charge in [0.05, 0.1) is 0 Å². The smallest absolute Gasteiger partial charge is 0.232 e. The van der Waals surface area contributed by atoms with Crippen LogP contribution in [0.2, 0.25) is 0 Å². The van der Waals surface area contributed by atoms with Crippen molar-refractivity contribution in [3.05, 3.63) is 40.8 Å². The lowest BCUT2D eigenvalue weighted by molar-refractivity contribution is 0.0601. The molecular weight excluding hydrogens is 246 g/mol. The molecule has 0 unspecified atom stereocenters. The number of anilines is 1. The van der Waals surface area contributed by atoms with Crippen LogP contribution in [-0.4, -0.2) is 32.0 Å². The van der Waals surface area contributed by atoms with Crippen molar-refractivity contribution in [2.45, 2.75) is 6.92 Å². The number of rotatable bonds is 2. The maximum atomic E-state index is 12.3. The lowest BCUT2D eigenvalue weighted by atomic mass is 9.92. The molecule has 5 heteroatoms. The van der Waals surface area contributed by atoms with Crippen molar-refractivity contribution in [3.63, 3.8) is 0 Å². The minimum atomic E-state index is -0.284. The number of ketones is 2. The average molecular weight is 259 g/mol. The van der Waals surface area contributed by atoms with Crippen LogP contribution in [0.15, 0.2) is 29.7 Å². The van der Waals surface area contributed by atoms with Gasteiger partial charge in [0.2, 0.25) is 29.9 Å². The van der Waals surface area contributed by atoms with Gasteiger partial charge in [-0.25, -0.2) is 0 Å². The topological polar surface area (TPSA) is 55.8 Å². The molecule has 1 aliphatic heterocycles. The Morgan fingerprint density at radius 3 is 2.37 bits per heavy atom. The van der Waals surface area contributed by atoms with Gasteiger partial charge in [0.25, 0.3) is 0 Å². The van der Waals surface area contributed by atoms with Crippen LogP contribution >= 0.6 is 0 Å². The molecule has 0 radical (unpaired) electrons. The lowest BCUT2D eigenvalue weighted by Gasteiger charge is -2.20. The van der Waals surface area contributed by atoms with Gasteiger partial charge in [-0.1, -0.05) is 0 Å². The van der Waals surface area contributed by atoms with Gasteiger partial charge in [-0.05, 0) is 25.1 Å². The van der Waals surface area contributed by atoms with Crippen LogP contribution in [0.5, 0.6) is 0 Å². The van der Waals surface area contributed by atoms with Gasteiger partial charge in [0.1, 0.15) is 0 Å². The van der Waals surface area contributed by atoms with E-state index in [1.807, 2.05) is 24.9 Å². The van der Waals surface area contributed by atoms with Crippen molar-refractivity contribution in [3.8, 4) is 0 Å². The van der Waals surface area contributed by atoms with Crippen molar-refractivity contribution in [1.82, 2.24) is 0 Å². The highest BCUT2D eigenvalue weighted by Crippen LogP contribution is 2.33. The normalized spacial score (nSPS) is 16.7. The van der Waals surface area contributed by atoms with Gasteiger partial charge in [0, 0.05) is 30.4 Å². The van der Waals surface area contributed by atoms with Crippen LogP contribution in [-0.2, 0) is 9.47 Å². The molecule has 5 nitrogen and oxygen atoms in total. The maximum Gasteiger partial charge on any atom is 0.232 e. The summed E-state index contributed by atoms with van der Waals surface area (Å²) in [7, 11) is 1.93. The molecule has 0 N–H and O–H groups in total. The van der Waals surface area contributed by atoms with Gasteiger partial charge >= 0.3 is 0 Å². The average Bonchev–Trinajstić information content (AvgIpc) is 2.93. The Hall–Kier alpha value is -2.30. The number of ether oxygens (including phenoxy) is 2. The Morgan fingerprint density at radius 1 is 1.11 bits per heavy atom. The number of carbonyl (C=O) groups is 2. The van der Waals surface area contributed by atoms with Gasteiger partial charge in [-0.15, -0.1) is 0 Å². The highest BCUT2D eigenvalue weighted by Gasteiger charge is 2.38. The molecule has 19 heavy (non-hydrogen) atoms. The Morgan fingerprint density at radius 2 is 1.74 bits per heavy atom. The van der Waals surface area contributed by atoms with Crippen molar-refractivity contribution in [2.24, 2.45) is 0 Å². The minimum Gasteiger partial charge on any atom is -0.449 e. The summed E-state index contributed by atoms with van der Waals surface area (Å²) in [6, 6.07) is 5.22. The molecule has 3 rings (SSSR count). The lowest BCUT2D eigenvalue weighted by Crippen LogP contribution is -2.22. The second-order valence-electron chi connectivity index (χ2n) is 4.47. The second kappa shape index (κ2) is 4.12. The number of benzene rings is 1. The zero-order valence-electron chi connectivity index (χ0n) is 10.7. The van der Waals surface area contributed by atoms with Crippen molar-refractivity contribution in [1.29, 1.82) is 0 Å². The fraction of sp³-hybridized carbons (Fsp3) is 0.286. The molecule has 1 heterocycles. The number of allylic oxidation sites excluding steroid dienone is 2. The Kier molecular flexibility index (Phi) is 2.55. The van der Waals surface area contributed by atoms with E-state index in [0.717, 1.165) is 12.2 Å². The third-order valence-electron chi connectivity index (χ3n) is 3.43. The summed E-state index contributed by atoms with van der Waals surface area (Å²) in [5, 5.41) is 0. The molecule has 0 amide bonds. The molecule has 0 aromatic heterocycles. The van der Waals surface area contributed by atoms with Crippen LogP contribution in [0.4, 0.5) is 5.69 Å². The number of Topliss-reactive ketones (excluding diaryl/α,β-unsaturated/α-hetero) is 2. The van der Waals surface area contributed by atoms with E-state index in [1.54, 1.807) is 12.1 Å². The Balaban J connectivity index is 2.12. The van der Waals surface area contributed by atoms with E-state index in [1.165, 1.54) is 0 Å². The van der Waals surface area contributed by atoms with E-state index in [0.29, 0.717) is 11.1 Å². The number of nitrogens with zero attached hydrogens (tertiary/aromatic N) is 1. The van der Waals surface area contributed by atoms with Gasteiger partial charge in [-0.2, -0.15) is 0 Å². The predicted molar refractivity (Wildman–Crippen MR) is 68.1 cm³/mol. The molecule has 0 saturated carbocycles. The summed E-state index contributed by atoms with van der Waals surface area (Å²) in [4.78, 5) is 26.4. The molecule has 1 aromatic rings. The molecule has 1 aromatic carbocycles. The summed E-state index contributed by atoms with van der Waals surface area (Å²) in [6.07, 6.45) is 0. The number of hydrogen-bond acceptors (Lipinski definition) is 5. The molecule has 2 aliphatic rings. The van der Waals surface area contributed by atoms with Crippen molar-refractivity contribution >= 4 is 17.3 Å². The molecule has 0 saturated heterocycles. The fourth-order valence-corrected chi connectivity index (χ4v) is 2.20. The van der Waals surface area contributed by atoms with Crippen LogP contribution < -0.4 is 4.90 Å². The highest BCUT2D eigenvalue weighted by molar-refractivity contribution is 6.25. The quantitative estimate of drug-likeness (QED) is 0.809. The molecule has 98 valence electrons. The van der Waals surface area contributed by atoms with Crippen LogP contribution in [0.25, 0.3) is 0 Å². The van der Waals surface area contributed by atoms with E-state index in [9.17, 15) is 9.59 Å². The molecular formula is C14H13NO4. The monoisotopic (exact) mass is 259 g/mol.